The molecule has 0 radical (unpaired) electrons. The van der Waals surface area contributed by atoms with Crippen molar-refractivity contribution in [3.63, 3.8) is 0 Å². The largest absolute Gasteiger partial charge is 0.371 e. The van der Waals surface area contributed by atoms with Crippen LogP contribution in [-0.4, -0.2) is 30.0 Å². The highest BCUT2D eigenvalue weighted by Crippen LogP contribution is 2.35. The summed E-state index contributed by atoms with van der Waals surface area (Å²) in [5, 5.41) is 15.8. The minimum Gasteiger partial charge on any atom is -0.371 e. The van der Waals surface area contributed by atoms with Crippen LogP contribution in [0.5, 0.6) is 0 Å². The SMILES string of the molecule is CC(=O)NCc1cccc(-c2ccnc(N[C@@H]3CCCC[C@H]3C[C@H]3CCCN(c4ccc(C#N)cc4)C3)c2)c1. The van der Waals surface area contributed by atoms with Crippen molar-refractivity contribution in [2.45, 2.75) is 64.5 Å². The lowest BCUT2D eigenvalue weighted by Gasteiger charge is -2.39. The molecule has 1 saturated carbocycles. The van der Waals surface area contributed by atoms with Crippen molar-refractivity contribution in [1.29, 1.82) is 5.26 Å². The molecule has 0 spiro atoms. The van der Waals surface area contributed by atoms with Gasteiger partial charge in [-0.1, -0.05) is 31.0 Å². The van der Waals surface area contributed by atoms with Crippen molar-refractivity contribution < 1.29 is 4.79 Å². The second-order valence-corrected chi connectivity index (χ2v) is 11.2. The molecule has 3 atom stereocenters. The molecule has 2 aliphatic rings. The number of aromatic nitrogens is 1. The van der Waals surface area contributed by atoms with E-state index in [1.54, 1.807) is 6.92 Å². The van der Waals surface area contributed by atoms with Gasteiger partial charge in [-0.2, -0.15) is 5.26 Å². The molecule has 5 rings (SSSR count). The molecule has 1 aliphatic carbocycles. The van der Waals surface area contributed by atoms with Crippen molar-refractivity contribution >= 4 is 17.4 Å². The van der Waals surface area contributed by atoms with Gasteiger partial charge in [-0.05, 0) is 103 Å². The molecule has 3 aromatic rings. The highest BCUT2D eigenvalue weighted by atomic mass is 16.1. The summed E-state index contributed by atoms with van der Waals surface area (Å²) < 4.78 is 0. The first-order valence-electron chi connectivity index (χ1n) is 14.4. The fourth-order valence-corrected chi connectivity index (χ4v) is 6.31. The molecule has 6 nitrogen and oxygen atoms in total. The number of pyridine rings is 1. The monoisotopic (exact) mass is 521 g/mol. The topological polar surface area (TPSA) is 81.1 Å². The predicted molar refractivity (Wildman–Crippen MR) is 157 cm³/mol. The highest BCUT2D eigenvalue weighted by molar-refractivity contribution is 5.73. The van der Waals surface area contributed by atoms with Crippen LogP contribution < -0.4 is 15.5 Å². The molecule has 2 heterocycles. The van der Waals surface area contributed by atoms with E-state index in [0.717, 1.165) is 41.2 Å². The Hall–Kier alpha value is -3.85. The van der Waals surface area contributed by atoms with Crippen molar-refractivity contribution in [3.05, 3.63) is 78.0 Å². The van der Waals surface area contributed by atoms with E-state index in [2.05, 4.69) is 63.0 Å². The summed E-state index contributed by atoms with van der Waals surface area (Å²) in [6.07, 6.45) is 10.7. The maximum absolute atomic E-state index is 11.3. The van der Waals surface area contributed by atoms with Crippen LogP contribution in [0.4, 0.5) is 11.5 Å². The molecule has 1 amide bonds. The van der Waals surface area contributed by atoms with Gasteiger partial charge >= 0.3 is 0 Å². The van der Waals surface area contributed by atoms with E-state index < -0.39 is 0 Å². The zero-order valence-electron chi connectivity index (χ0n) is 22.9. The first kappa shape index (κ1) is 26.7. The molecule has 1 aliphatic heterocycles. The zero-order chi connectivity index (χ0) is 27.0. The van der Waals surface area contributed by atoms with Crippen LogP contribution in [0.1, 0.15) is 63.0 Å². The van der Waals surface area contributed by atoms with Gasteiger partial charge in [0, 0.05) is 44.5 Å². The fourth-order valence-electron chi connectivity index (χ4n) is 6.31. The van der Waals surface area contributed by atoms with Gasteiger partial charge in [-0.15, -0.1) is 0 Å². The van der Waals surface area contributed by atoms with Gasteiger partial charge in [0.05, 0.1) is 11.6 Å². The number of carbonyl (C=O) groups is 1. The van der Waals surface area contributed by atoms with Gasteiger partial charge in [-0.3, -0.25) is 4.79 Å². The molecule has 2 N–H and O–H groups in total. The van der Waals surface area contributed by atoms with Crippen molar-refractivity contribution in [1.82, 2.24) is 10.3 Å². The molecule has 1 saturated heterocycles. The Morgan fingerprint density at radius 1 is 1.03 bits per heavy atom. The van der Waals surface area contributed by atoms with E-state index in [1.807, 2.05) is 30.5 Å². The van der Waals surface area contributed by atoms with Crippen molar-refractivity contribution in [2.24, 2.45) is 11.8 Å². The smallest absolute Gasteiger partial charge is 0.217 e. The van der Waals surface area contributed by atoms with Gasteiger partial charge in [-0.25, -0.2) is 4.98 Å². The summed E-state index contributed by atoms with van der Waals surface area (Å²) in [6, 6.07) is 23.3. The van der Waals surface area contributed by atoms with E-state index in [-0.39, 0.29) is 5.91 Å². The fraction of sp³-hybridized carbons (Fsp3) is 0.424. The number of nitrogens with zero attached hydrogens (tertiary/aromatic N) is 3. The Labute approximate surface area is 232 Å². The number of piperidine rings is 1. The summed E-state index contributed by atoms with van der Waals surface area (Å²) in [7, 11) is 0. The minimum absolute atomic E-state index is 0.0203. The maximum atomic E-state index is 11.3. The number of nitriles is 1. The van der Waals surface area contributed by atoms with Crippen LogP contribution in [0.25, 0.3) is 11.1 Å². The van der Waals surface area contributed by atoms with E-state index in [4.69, 9.17) is 5.26 Å². The van der Waals surface area contributed by atoms with Gasteiger partial charge in [0.2, 0.25) is 5.91 Å². The Balaban J connectivity index is 1.23. The average Bonchev–Trinajstić information content (AvgIpc) is 2.98. The third-order valence-corrected chi connectivity index (χ3v) is 8.32. The third-order valence-electron chi connectivity index (χ3n) is 8.32. The Morgan fingerprint density at radius 3 is 2.67 bits per heavy atom. The lowest BCUT2D eigenvalue weighted by atomic mass is 9.77. The van der Waals surface area contributed by atoms with Crippen LogP contribution >= 0.6 is 0 Å². The second-order valence-electron chi connectivity index (χ2n) is 11.2. The molecule has 0 unspecified atom stereocenters. The van der Waals surface area contributed by atoms with Crippen molar-refractivity contribution in [2.75, 3.05) is 23.3 Å². The van der Waals surface area contributed by atoms with E-state index in [0.29, 0.717) is 24.4 Å². The van der Waals surface area contributed by atoms with Crippen LogP contribution in [0, 0.1) is 23.2 Å². The number of anilines is 2. The number of carbonyl (C=O) groups excluding carboxylic acids is 1. The van der Waals surface area contributed by atoms with Crippen LogP contribution in [0.3, 0.4) is 0 Å². The summed E-state index contributed by atoms with van der Waals surface area (Å²) in [6.45, 7) is 4.27. The quantitative estimate of drug-likeness (QED) is 0.352. The van der Waals surface area contributed by atoms with Gasteiger partial charge in [0.1, 0.15) is 5.82 Å². The summed E-state index contributed by atoms with van der Waals surface area (Å²) in [4.78, 5) is 18.5. The second kappa shape index (κ2) is 12.8. The molecule has 1 aromatic heterocycles. The Bertz CT molecular complexity index is 1300. The van der Waals surface area contributed by atoms with Crippen LogP contribution in [0.2, 0.25) is 0 Å². The number of hydrogen-bond donors (Lipinski definition) is 2. The number of rotatable bonds is 8. The standard InChI is InChI=1S/C33H39N5O/c1-24(39)36-22-26-6-4-9-28(18-26)29-15-16-35-33(20-29)37-32-10-3-2-8-30(32)19-27-7-5-17-38(23-27)31-13-11-25(21-34)12-14-31/h4,6,9,11-16,18,20,27,30,32H,2-3,5,7-8,10,17,19,22-23H2,1H3,(H,35,37)(H,36,39)/t27-,30+,32-/m1/s1. The molecular weight excluding hydrogens is 482 g/mol. The Kier molecular flexibility index (Phi) is 8.78. The first-order chi connectivity index (χ1) is 19.1. The molecule has 6 heteroatoms. The van der Waals surface area contributed by atoms with E-state index in [1.165, 1.54) is 50.6 Å². The summed E-state index contributed by atoms with van der Waals surface area (Å²) in [5.74, 6) is 2.26. The van der Waals surface area contributed by atoms with Crippen LogP contribution in [-0.2, 0) is 11.3 Å². The summed E-state index contributed by atoms with van der Waals surface area (Å²) >= 11 is 0. The number of amides is 1. The van der Waals surface area contributed by atoms with Gasteiger partial charge < -0.3 is 15.5 Å². The molecule has 2 aromatic carbocycles. The van der Waals surface area contributed by atoms with E-state index >= 15 is 0 Å². The van der Waals surface area contributed by atoms with E-state index in [9.17, 15) is 4.79 Å². The van der Waals surface area contributed by atoms with Gasteiger partial charge in [0.15, 0.2) is 0 Å². The predicted octanol–water partition coefficient (Wildman–Crippen LogP) is 6.53. The number of hydrogen-bond acceptors (Lipinski definition) is 5. The lowest BCUT2D eigenvalue weighted by molar-refractivity contribution is -0.119. The third kappa shape index (κ3) is 7.17. The minimum atomic E-state index is -0.0203. The summed E-state index contributed by atoms with van der Waals surface area (Å²) in [5.41, 5.74) is 5.31. The maximum Gasteiger partial charge on any atom is 0.217 e. The molecule has 202 valence electrons. The average molecular weight is 522 g/mol. The number of nitrogens with one attached hydrogen (secondary N) is 2. The van der Waals surface area contributed by atoms with Crippen molar-refractivity contribution in [3.8, 4) is 17.2 Å². The van der Waals surface area contributed by atoms with Crippen LogP contribution in [0.15, 0.2) is 66.9 Å². The van der Waals surface area contributed by atoms with Gasteiger partial charge in [0.25, 0.3) is 0 Å². The molecule has 0 bridgehead atoms. The molecular formula is C33H39N5O. The normalized spacial score (nSPS) is 21.1. The number of benzene rings is 2. The highest BCUT2D eigenvalue weighted by Gasteiger charge is 2.30. The lowest BCUT2D eigenvalue weighted by Crippen LogP contribution is -2.39. The zero-order valence-corrected chi connectivity index (χ0v) is 22.9. The first-order valence-corrected chi connectivity index (χ1v) is 14.4. The molecule has 39 heavy (non-hydrogen) atoms. The Morgan fingerprint density at radius 2 is 1.85 bits per heavy atom. The molecule has 2 fully saturated rings.